The van der Waals surface area contributed by atoms with E-state index in [1.165, 1.54) is 12.8 Å². The molecule has 1 heteroatoms. The second kappa shape index (κ2) is 1.03. The van der Waals surface area contributed by atoms with Gasteiger partial charge in [-0.1, -0.05) is 0 Å². The summed E-state index contributed by atoms with van der Waals surface area (Å²) in [5.41, 5.74) is 0.597. The Bertz CT molecular complexity index is 64.7. The lowest BCUT2D eigenvalue weighted by molar-refractivity contribution is -0.121. The second-order valence-corrected chi connectivity index (χ2v) is 2.60. The van der Waals surface area contributed by atoms with Gasteiger partial charge in [0.15, 0.2) is 0 Å². The van der Waals surface area contributed by atoms with E-state index in [0.717, 1.165) is 13.2 Å². The SMILES string of the molecule is [CH]1CCC12COC2. The molecule has 1 nitrogen and oxygen atoms in total. The van der Waals surface area contributed by atoms with E-state index in [-0.39, 0.29) is 0 Å². The molecular formula is C6H9O. The lowest BCUT2D eigenvalue weighted by Crippen LogP contribution is -2.48. The first-order chi connectivity index (χ1) is 3.41. The Morgan fingerprint density at radius 2 is 2.14 bits per heavy atom. The van der Waals surface area contributed by atoms with Crippen LogP contribution >= 0.6 is 0 Å². The molecule has 2 fully saturated rings. The van der Waals surface area contributed by atoms with Crippen molar-refractivity contribution in [2.24, 2.45) is 5.41 Å². The predicted molar refractivity (Wildman–Crippen MR) is 26.8 cm³/mol. The van der Waals surface area contributed by atoms with Crippen molar-refractivity contribution in [2.75, 3.05) is 13.2 Å². The van der Waals surface area contributed by atoms with Crippen LogP contribution in [-0.2, 0) is 4.74 Å². The highest BCUT2D eigenvalue weighted by Crippen LogP contribution is 2.45. The number of rotatable bonds is 0. The minimum Gasteiger partial charge on any atom is -0.380 e. The van der Waals surface area contributed by atoms with Crippen LogP contribution in [-0.4, -0.2) is 13.2 Å². The predicted octanol–water partition coefficient (Wildman–Crippen LogP) is 1.00. The standard InChI is InChI=1S/C6H9O/c1-2-6(3-1)4-7-5-6/h2H,1,3-5H2. The van der Waals surface area contributed by atoms with Gasteiger partial charge >= 0.3 is 0 Å². The zero-order valence-electron chi connectivity index (χ0n) is 4.31. The minimum absolute atomic E-state index is 0.597. The molecule has 0 atom stereocenters. The van der Waals surface area contributed by atoms with E-state index in [4.69, 9.17) is 4.74 Å². The van der Waals surface area contributed by atoms with Crippen LogP contribution in [0.25, 0.3) is 0 Å². The largest absolute Gasteiger partial charge is 0.380 e. The van der Waals surface area contributed by atoms with E-state index < -0.39 is 0 Å². The Morgan fingerprint density at radius 1 is 1.43 bits per heavy atom. The third kappa shape index (κ3) is 0.367. The number of hydrogen-bond acceptors (Lipinski definition) is 1. The maximum absolute atomic E-state index is 5.05. The van der Waals surface area contributed by atoms with Gasteiger partial charge < -0.3 is 4.74 Å². The molecule has 1 heterocycles. The summed E-state index contributed by atoms with van der Waals surface area (Å²) in [5, 5.41) is 0. The summed E-state index contributed by atoms with van der Waals surface area (Å²) in [5.74, 6) is 0. The van der Waals surface area contributed by atoms with Crippen LogP contribution in [0.2, 0.25) is 0 Å². The maximum atomic E-state index is 5.05. The molecule has 1 saturated carbocycles. The molecule has 0 aromatic rings. The van der Waals surface area contributed by atoms with Crippen LogP contribution in [0.15, 0.2) is 0 Å². The van der Waals surface area contributed by atoms with Crippen LogP contribution in [0.3, 0.4) is 0 Å². The highest BCUT2D eigenvalue weighted by molar-refractivity contribution is 5.05. The van der Waals surface area contributed by atoms with E-state index in [1.54, 1.807) is 0 Å². The molecule has 1 radical (unpaired) electrons. The lowest BCUT2D eigenvalue weighted by Gasteiger charge is -2.48. The van der Waals surface area contributed by atoms with Crippen molar-refractivity contribution >= 4 is 0 Å². The van der Waals surface area contributed by atoms with Crippen molar-refractivity contribution in [1.82, 2.24) is 0 Å². The van der Waals surface area contributed by atoms with E-state index >= 15 is 0 Å². The summed E-state index contributed by atoms with van der Waals surface area (Å²) in [6.07, 6.45) is 5.09. The van der Waals surface area contributed by atoms with E-state index in [1.807, 2.05) is 0 Å². The van der Waals surface area contributed by atoms with Crippen molar-refractivity contribution in [1.29, 1.82) is 0 Å². The first-order valence-electron chi connectivity index (χ1n) is 2.83. The molecule has 0 aromatic heterocycles. The second-order valence-electron chi connectivity index (χ2n) is 2.60. The molecule has 2 rings (SSSR count). The summed E-state index contributed by atoms with van der Waals surface area (Å²) in [6, 6.07) is 0. The average Bonchev–Trinajstić information content (AvgIpc) is 1.20. The molecule has 1 aliphatic heterocycles. The Labute approximate surface area is 43.7 Å². The number of ether oxygens (including phenoxy) is 1. The molecular weight excluding hydrogens is 88.1 g/mol. The molecule has 1 spiro atoms. The van der Waals surface area contributed by atoms with Gasteiger partial charge in [0.1, 0.15) is 0 Å². The van der Waals surface area contributed by atoms with Gasteiger partial charge in [-0.15, -0.1) is 0 Å². The highest BCUT2D eigenvalue weighted by Gasteiger charge is 2.43. The summed E-state index contributed by atoms with van der Waals surface area (Å²) in [6.45, 7) is 2.01. The van der Waals surface area contributed by atoms with Gasteiger partial charge in [-0.05, 0) is 19.3 Å². The lowest BCUT2D eigenvalue weighted by atomic mass is 9.67. The average molecular weight is 97.1 g/mol. The minimum atomic E-state index is 0.597. The van der Waals surface area contributed by atoms with Crippen molar-refractivity contribution in [3.8, 4) is 0 Å². The van der Waals surface area contributed by atoms with Crippen molar-refractivity contribution < 1.29 is 4.74 Å². The van der Waals surface area contributed by atoms with E-state index in [0.29, 0.717) is 5.41 Å². The fourth-order valence-electron chi connectivity index (χ4n) is 1.18. The van der Waals surface area contributed by atoms with Gasteiger partial charge in [0.2, 0.25) is 0 Å². The van der Waals surface area contributed by atoms with Crippen LogP contribution in [0.1, 0.15) is 12.8 Å². The third-order valence-corrected chi connectivity index (χ3v) is 2.00. The van der Waals surface area contributed by atoms with Gasteiger partial charge in [-0.3, -0.25) is 0 Å². The fraction of sp³-hybridized carbons (Fsp3) is 0.833. The van der Waals surface area contributed by atoms with E-state index in [2.05, 4.69) is 6.42 Å². The Balaban J connectivity index is 2.00. The monoisotopic (exact) mass is 97.1 g/mol. The van der Waals surface area contributed by atoms with Crippen LogP contribution in [0.4, 0.5) is 0 Å². The summed E-state index contributed by atoms with van der Waals surface area (Å²) >= 11 is 0. The highest BCUT2D eigenvalue weighted by atomic mass is 16.5. The van der Waals surface area contributed by atoms with Gasteiger partial charge in [-0.25, -0.2) is 0 Å². The number of hydrogen-bond donors (Lipinski definition) is 0. The normalized spacial score (nSPS) is 34.3. The summed E-state index contributed by atoms with van der Waals surface area (Å²) in [4.78, 5) is 0. The van der Waals surface area contributed by atoms with Gasteiger partial charge in [0.05, 0.1) is 13.2 Å². The maximum Gasteiger partial charge on any atom is 0.0547 e. The fourth-order valence-corrected chi connectivity index (χ4v) is 1.18. The smallest absolute Gasteiger partial charge is 0.0547 e. The topological polar surface area (TPSA) is 9.23 Å². The third-order valence-electron chi connectivity index (χ3n) is 2.00. The van der Waals surface area contributed by atoms with E-state index in [9.17, 15) is 0 Å². The first kappa shape index (κ1) is 3.90. The molecule has 2 aliphatic rings. The molecule has 0 amide bonds. The van der Waals surface area contributed by atoms with Crippen molar-refractivity contribution in [2.45, 2.75) is 12.8 Å². The Morgan fingerprint density at radius 3 is 2.14 bits per heavy atom. The molecule has 7 heavy (non-hydrogen) atoms. The quantitative estimate of drug-likeness (QED) is 0.438. The van der Waals surface area contributed by atoms with Crippen LogP contribution in [0, 0.1) is 11.8 Å². The van der Waals surface area contributed by atoms with Gasteiger partial charge in [-0.2, -0.15) is 0 Å². The molecule has 39 valence electrons. The molecule has 0 unspecified atom stereocenters. The molecule has 1 aliphatic carbocycles. The first-order valence-corrected chi connectivity index (χ1v) is 2.83. The van der Waals surface area contributed by atoms with Crippen molar-refractivity contribution in [3.63, 3.8) is 0 Å². The van der Waals surface area contributed by atoms with Gasteiger partial charge in [0.25, 0.3) is 0 Å². The molecule has 0 bridgehead atoms. The van der Waals surface area contributed by atoms with Crippen LogP contribution in [0.5, 0.6) is 0 Å². The van der Waals surface area contributed by atoms with Crippen molar-refractivity contribution in [3.05, 3.63) is 6.42 Å². The Hall–Kier alpha value is -0.0400. The zero-order valence-corrected chi connectivity index (χ0v) is 4.31. The zero-order chi connectivity index (χ0) is 4.74. The van der Waals surface area contributed by atoms with Gasteiger partial charge in [0, 0.05) is 5.41 Å². The molecule has 0 aromatic carbocycles. The summed E-state index contributed by atoms with van der Waals surface area (Å²) < 4.78 is 5.05. The van der Waals surface area contributed by atoms with Crippen LogP contribution < -0.4 is 0 Å². The Kier molecular flexibility index (Phi) is 0.571. The summed E-state index contributed by atoms with van der Waals surface area (Å²) in [7, 11) is 0. The molecule has 1 saturated heterocycles. The molecule has 0 N–H and O–H groups in total.